The van der Waals surface area contributed by atoms with Gasteiger partial charge in [-0.3, -0.25) is 9.97 Å². The standard InChI is InChI=1S/C36H27F6N3.CH4/c1-33(2)24-12-8-20(28-14-10-22(18-43-28)35(37,38)39)16-30(24)45-31-17-21(29-15-11-23(19-44-29)36(40,41)42)9-13-25(31)34(3,4)27-7-5-6-26(33)32(27)45;/h5-19H,1-4H3;1H4. The quantitative estimate of drug-likeness (QED) is 0.182. The lowest BCUT2D eigenvalue weighted by Crippen LogP contribution is -2.38. The van der Waals surface area contributed by atoms with Crippen LogP contribution in [0.1, 0.15) is 68.5 Å². The number of fused-ring (bicyclic) bond motifs is 4. The zero-order chi connectivity index (χ0) is 32.1. The summed E-state index contributed by atoms with van der Waals surface area (Å²) in [4.78, 5) is 10.5. The highest BCUT2D eigenvalue weighted by atomic mass is 19.4. The van der Waals surface area contributed by atoms with E-state index < -0.39 is 34.3 Å². The Morgan fingerprint density at radius 2 is 0.957 bits per heavy atom. The number of anilines is 3. The molecule has 0 unspecified atom stereocenters. The monoisotopic (exact) mass is 631 g/mol. The third-order valence-corrected chi connectivity index (χ3v) is 9.20. The highest BCUT2D eigenvalue weighted by molar-refractivity contribution is 5.94. The van der Waals surface area contributed by atoms with E-state index in [-0.39, 0.29) is 7.43 Å². The Morgan fingerprint density at radius 3 is 1.30 bits per heavy atom. The molecule has 0 aliphatic carbocycles. The van der Waals surface area contributed by atoms with Crippen LogP contribution in [-0.4, -0.2) is 9.97 Å². The summed E-state index contributed by atoms with van der Waals surface area (Å²) in [6.45, 7) is 8.61. The molecule has 46 heavy (non-hydrogen) atoms. The van der Waals surface area contributed by atoms with Crippen molar-refractivity contribution in [3.8, 4) is 22.5 Å². The van der Waals surface area contributed by atoms with E-state index >= 15 is 0 Å². The molecular formula is C37H31F6N3. The van der Waals surface area contributed by atoms with E-state index in [1.54, 1.807) is 0 Å². The fourth-order valence-electron chi connectivity index (χ4n) is 6.73. The molecule has 5 aromatic rings. The minimum absolute atomic E-state index is 0. The average Bonchev–Trinajstić information content (AvgIpc) is 2.99. The predicted octanol–water partition coefficient (Wildman–Crippen LogP) is 11.2. The van der Waals surface area contributed by atoms with Gasteiger partial charge in [0.05, 0.1) is 39.6 Å². The first-order chi connectivity index (χ1) is 21.1. The Bertz CT molecular complexity index is 1830. The minimum Gasteiger partial charge on any atom is -0.309 e. The number of para-hydroxylation sites is 1. The molecule has 3 aromatic carbocycles. The van der Waals surface area contributed by atoms with E-state index in [2.05, 4.69) is 60.8 Å². The lowest BCUT2D eigenvalue weighted by molar-refractivity contribution is -0.138. The number of rotatable bonds is 2. The van der Waals surface area contributed by atoms with Crippen molar-refractivity contribution in [2.75, 3.05) is 4.90 Å². The van der Waals surface area contributed by atoms with Gasteiger partial charge in [0.2, 0.25) is 0 Å². The molecule has 9 heteroatoms. The first kappa shape index (κ1) is 31.3. The van der Waals surface area contributed by atoms with Crippen molar-refractivity contribution in [3.05, 3.63) is 125 Å². The molecule has 3 nitrogen and oxygen atoms in total. The molecule has 7 rings (SSSR count). The molecule has 0 saturated carbocycles. The maximum absolute atomic E-state index is 13.2. The summed E-state index contributed by atoms with van der Waals surface area (Å²) in [6.07, 6.45) is -7.30. The number of nitrogens with zero attached hydrogens (tertiary/aromatic N) is 3. The Kier molecular flexibility index (Phi) is 6.93. The van der Waals surface area contributed by atoms with Gasteiger partial charge in [-0.2, -0.15) is 26.3 Å². The second-order valence-electron chi connectivity index (χ2n) is 12.6. The number of hydrogen-bond acceptors (Lipinski definition) is 3. The molecule has 0 atom stereocenters. The maximum atomic E-state index is 13.2. The number of halogens is 6. The molecule has 0 N–H and O–H groups in total. The lowest BCUT2D eigenvalue weighted by Gasteiger charge is -2.49. The summed E-state index contributed by atoms with van der Waals surface area (Å²) in [7, 11) is 0. The van der Waals surface area contributed by atoms with Crippen molar-refractivity contribution < 1.29 is 26.3 Å². The Morgan fingerprint density at radius 1 is 0.543 bits per heavy atom. The van der Waals surface area contributed by atoms with Crippen molar-refractivity contribution in [2.24, 2.45) is 0 Å². The summed E-state index contributed by atoms with van der Waals surface area (Å²) in [5.74, 6) is 0. The molecule has 0 amide bonds. The first-order valence-electron chi connectivity index (χ1n) is 14.4. The third kappa shape index (κ3) is 4.66. The van der Waals surface area contributed by atoms with E-state index in [1.165, 1.54) is 12.1 Å². The van der Waals surface area contributed by atoms with Crippen molar-refractivity contribution in [1.82, 2.24) is 9.97 Å². The van der Waals surface area contributed by atoms with E-state index in [4.69, 9.17) is 0 Å². The highest BCUT2D eigenvalue weighted by Crippen LogP contribution is 2.60. The summed E-state index contributed by atoms with van der Waals surface area (Å²) in [5.41, 5.74) is 6.66. The van der Waals surface area contributed by atoms with Crippen molar-refractivity contribution >= 4 is 17.1 Å². The number of pyridine rings is 2. The maximum Gasteiger partial charge on any atom is 0.417 e. The van der Waals surface area contributed by atoms with Crippen LogP contribution < -0.4 is 4.90 Å². The second kappa shape index (κ2) is 10.2. The Balaban J connectivity index is 0.00000372. The molecular weight excluding hydrogens is 600 g/mol. The van der Waals surface area contributed by atoms with Gasteiger partial charge in [-0.25, -0.2) is 0 Å². The number of aromatic nitrogens is 2. The van der Waals surface area contributed by atoms with E-state index in [0.29, 0.717) is 22.5 Å². The van der Waals surface area contributed by atoms with Crippen LogP contribution in [0, 0.1) is 0 Å². The van der Waals surface area contributed by atoms with Crippen LogP contribution in [-0.2, 0) is 23.2 Å². The summed E-state index contributed by atoms with van der Waals surface area (Å²) in [6, 6.07) is 22.8. The van der Waals surface area contributed by atoms with Crippen molar-refractivity contribution in [2.45, 2.75) is 58.3 Å². The number of alkyl halides is 6. The van der Waals surface area contributed by atoms with E-state index in [0.717, 1.165) is 63.8 Å². The second-order valence-corrected chi connectivity index (χ2v) is 12.6. The highest BCUT2D eigenvalue weighted by Gasteiger charge is 2.45. The molecule has 2 aliphatic heterocycles. The van der Waals surface area contributed by atoms with Gasteiger partial charge in [-0.05, 0) is 58.7 Å². The van der Waals surface area contributed by atoms with Crippen LogP contribution in [0.15, 0.2) is 91.3 Å². The van der Waals surface area contributed by atoms with Crippen molar-refractivity contribution in [1.29, 1.82) is 0 Å². The van der Waals surface area contributed by atoms with Crippen LogP contribution in [0.4, 0.5) is 43.4 Å². The van der Waals surface area contributed by atoms with Gasteiger partial charge in [0.1, 0.15) is 0 Å². The summed E-state index contributed by atoms with van der Waals surface area (Å²) in [5, 5.41) is 0. The van der Waals surface area contributed by atoms with Crippen LogP contribution in [0.2, 0.25) is 0 Å². The topological polar surface area (TPSA) is 29.0 Å². The van der Waals surface area contributed by atoms with Crippen LogP contribution in [0.3, 0.4) is 0 Å². The Hall–Kier alpha value is -4.66. The van der Waals surface area contributed by atoms with Gasteiger partial charge in [0.25, 0.3) is 0 Å². The molecule has 0 fully saturated rings. The van der Waals surface area contributed by atoms with Crippen LogP contribution >= 0.6 is 0 Å². The van der Waals surface area contributed by atoms with Gasteiger partial charge in [-0.1, -0.05) is 77.6 Å². The van der Waals surface area contributed by atoms with Gasteiger partial charge < -0.3 is 4.90 Å². The zero-order valence-electron chi connectivity index (χ0n) is 24.8. The van der Waals surface area contributed by atoms with Crippen LogP contribution in [0.5, 0.6) is 0 Å². The van der Waals surface area contributed by atoms with Gasteiger partial charge in [-0.15, -0.1) is 0 Å². The Labute approximate surface area is 263 Å². The van der Waals surface area contributed by atoms with Gasteiger partial charge >= 0.3 is 12.4 Å². The van der Waals surface area contributed by atoms with Crippen molar-refractivity contribution in [3.63, 3.8) is 0 Å². The molecule has 0 radical (unpaired) electrons. The molecule has 0 spiro atoms. The number of hydrogen-bond donors (Lipinski definition) is 0. The normalized spacial score (nSPS) is 15.7. The summed E-state index contributed by atoms with van der Waals surface area (Å²) < 4.78 is 79.5. The minimum atomic E-state index is -4.49. The predicted molar refractivity (Wildman–Crippen MR) is 169 cm³/mol. The molecule has 4 heterocycles. The van der Waals surface area contributed by atoms with Crippen LogP contribution in [0.25, 0.3) is 22.5 Å². The lowest BCUT2D eigenvalue weighted by atomic mass is 9.66. The largest absolute Gasteiger partial charge is 0.417 e. The smallest absolute Gasteiger partial charge is 0.309 e. The zero-order valence-corrected chi connectivity index (χ0v) is 24.8. The molecule has 236 valence electrons. The third-order valence-electron chi connectivity index (χ3n) is 9.20. The fourth-order valence-corrected chi connectivity index (χ4v) is 6.73. The molecule has 0 saturated heterocycles. The summed E-state index contributed by atoms with van der Waals surface area (Å²) >= 11 is 0. The molecule has 2 aromatic heterocycles. The van der Waals surface area contributed by atoms with E-state index in [9.17, 15) is 26.3 Å². The average molecular weight is 632 g/mol. The fraction of sp³-hybridized carbons (Fsp3) is 0.243. The SMILES string of the molecule is C.CC1(C)c2ccc(-c3ccc(C(F)(F)F)cn3)cc2N2c3cc(-c4ccc(C(F)(F)F)cn4)ccc3C(C)(C)c3cccc1c32. The van der Waals surface area contributed by atoms with Gasteiger partial charge in [0, 0.05) is 34.4 Å². The molecule has 0 bridgehead atoms. The first-order valence-corrected chi connectivity index (χ1v) is 14.4. The van der Waals surface area contributed by atoms with Gasteiger partial charge in [0.15, 0.2) is 0 Å². The number of benzene rings is 3. The van der Waals surface area contributed by atoms with E-state index in [1.807, 2.05) is 36.4 Å². The molecule has 2 aliphatic rings.